The first kappa shape index (κ1) is 23.6. The van der Waals surface area contributed by atoms with E-state index in [2.05, 4.69) is 5.32 Å². The van der Waals surface area contributed by atoms with E-state index in [1.165, 1.54) is 19.1 Å². The molecular formula is C24H27ClN2O5. The van der Waals surface area contributed by atoms with E-state index < -0.39 is 11.8 Å². The molecule has 0 saturated carbocycles. The maximum absolute atomic E-state index is 13.4. The normalized spacial score (nSPS) is 13.9. The molecule has 1 N–H and O–H groups in total. The molecule has 8 heteroatoms. The number of hydrogen-bond donors (Lipinski definition) is 1. The third-order valence-corrected chi connectivity index (χ3v) is 5.54. The molecule has 32 heavy (non-hydrogen) atoms. The van der Waals surface area contributed by atoms with Crippen LogP contribution in [0.2, 0.25) is 5.02 Å². The van der Waals surface area contributed by atoms with Crippen LogP contribution in [-0.2, 0) is 14.3 Å². The Kier molecular flexibility index (Phi) is 7.43. The maximum Gasteiger partial charge on any atom is 0.278 e. The third-order valence-electron chi connectivity index (χ3n) is 5.13. The SMILES string of the molecule is COc1ccc(C2=C(Nc3cccc(Cl)c3C)C(=O)N(CCOC(C)C)C2=O)cc1OC. The van der Waals surface area contributed by atoms with Gasteiger partial charge in [-0.15, -0.1) is 0 Å². The molecule has 2 aromatic carbocycles. The van der Waals surface area contributed by atoms with Crippen molar-refractivity contribution in [3.8, 4) is 11.5 Å². The number of nitrogens with zero attached hydrogens (tertiary/aromatic N) is 1. The number of carbonyl (C=O) groups excluding carboxylic acids is 2. The molecule has 0 aromatic heterocycles. The fourth-order valence-corrected chi connectivity index (χ4v) is 3.59. The molecule has 0 fully saturated rings. The van der Waals surface area contributed by atoms with Gasteiger partial charge >= 0.3 is 0 Å². The van der Waals surface area contributed by atoms with E-state index in [0.29, 0.717) is 27.8 Å². The van der Waals surface area contributed by atoms with Crippen molar-refractivity contribution in [3.05, 3.63) is 58.2 Å². The van der Waals surface area contributed by atoms with Gasteiger partial charge in [-0.1, -0.05) is 23.7 Å². The highest BCUT2D eigenvalue weighted by Gasteiger charge is 2.39. The molecule has 0 bridgehead atoms. The molecule has 2 aromatic rings. The van der Waals surface area contributed by atoms with Crippen LogP contribution in [0.5, 0.6) is 11.5 Å². The molecule has 0 saturated heterocycles. The van der Waals surface area contributed by atoms with E-state index in [4.69, 9.17) is 25.8 Å². The summed E-state index contributed by atoms with van der Waals surface area (Å²) in [6.07, 6.45) is -0.00667. The first-order valence-electron chi connectivity index (χ1n) is 10.2. The number of halogens is 1. The van der Waals surface area contributed by atoms with Gasteiger partial charge in [-0.2, -0.15) is 0 Å². The second kappa shape index (κ2) is 10.1. The molecule has 1 aliphatic heterocycles. The molecule has 0 unspecified atom stereocenters. The first-order chi connectivity index (χ1) is 15.3. The average molecular weight is 459 g/mol. The fraction of sp³-hybridized carbons (Fsp3) is 0.333. The lowest BCUT2D eigenvalue weighted by atomic mass is 10.0. The van der Waals surface area contributed by atoms with Gasteiger partial charge in [0.25, 0.3) is 11.8 Å². The number of methoxy groups -OCH3 is 2. The van der Waals surface area contributed by atoms with Gasteiger partial charge in [0.1, 0.15) is 5.70 Å². The van der Waals surface area contributed by atoms with E-state index in [1.54, 1.807) is 30.3 Å². The van der Waals surface area contributed by atoms with Crippen LogP contribution in [0.15, 0.2) is 42.1 Å². The predicted octanol–water partition coefficient (Wildman–Crippen LogP) is 4.28. The van der Waals surface area contributed by atoms with Gasteiger partial charge < -0.3 is 19.5 Å². The number of imide groups is 1. The van der Waals surface area contributed by atoms with Crippen molar-refractivity contribution in [3.63, 3.8) is 0 Å². The van der Waals surface area contributed by atoms with E-state index >= 15 is 0 Å². The van der Waals surface area contributed by atoms with E-state index in [1.807, 2.05) is 26.8 Å². The zero-order valence-corrected chi connectivity index (χ0v) is 19.6. The number of amides is 2. The molecule has 1 aliphatic rings. The minimum absolute atomic E-state index is 0.00667. The summed E-state index contributed by atoms with van der Waals surface area (Å²) in [7, 11) is 3.05. The summed E-state index contributed by atoms with van der Waals surface area (Å²) >= 11 is 6.25. The van der Waals surface area contributed by atoms with Crippen LogP contribution in [0.3, 0.4) is 0 Å². The quantitative estimate of drug-likeness (QED) is 0.565. The van der Waals surface area contributed by atoms with Gasteiger partial charge in [0.05, 0.1) is 39.0 Å². The standard InChI is InChI=1S/C24H27ClN2O5/c1-14(2)32-12-11-27-23(28)21(16-9-10-19(30-4)20(13-16)31-5)22(24(27)29)26-18-8-6-7-17(25)15(18)3/h6-10,13-14,26H,11-12H2,1-5H3. The molecule has 2 amide bonds. The molecule has 0 aliphatic carbocycles. The summed E-state index contributed by atoms with van der Waals surface area (Å²) in [5.41, 5.74) is 2.38. The van der Waals surface area contributed by atoms with Crippen molar-refractivity contribution in [1.29, 1.82) is 0 Å². The summed E-state index contributed by atoms with van der Waals surface area (Å²) < 4.78 is 16.2. The Morgan fingerprint density at radius 3 is 2.41 bits per heavy atom. The Morgan fingerprint density at radius 1 is 1.03 bits per heavy atom. The summed E-state index contributed by atoms with van der Waals surface area (Å²) in [5.74, 6) is 0.150. The minimum atomic E-state index is -0.425. The second-order valence-electron chi connectivity index (χ2n) is 7.54. The van der Waals surface area contributed by atoms with Crippen molar-refractivity contribution >= 4 is 34.7 Å². The number of ether oxygens (including phenoxy) is 3. The Labute approximate surface area is 192 Å². The highest BCUT2D eigenvalue weighted by molar-refractivity contribution is 6.37. The number of benzene rings is 2. The van der Waals surface area contributed by atoms with Crippen LogP contribution in [0.4, 0.5) is 5.69 Å². The van der Waals surface area contributed by atoms with E-state index in [0.717, 1.165) is 5.56 Å². The molecule has 1 heterocycles. The summed E-state index contributed by atoms with van der Waals surface area (Å²) in [6.45, 7) is 6.03. The van der Waals surface area contributed by atoms with E-state index in [-0.39, 0.29) is 30.5 Å². The Hall–Kier alpha value is -3.03. The average Bonchev–Trinajstić information content (AvgIpc) is 3.00. The number of carbonyl (C=O) groups is 2. The molecule has 0 spiro atoms. The highest BCUT2D eigenvalue weighted by atomic mass is 35.5. The summed E-state index contributed by atoms with van der Waals surface area (Å²) in [4.78, 5) is 27.8. The lowest BCUT2D eigenvalue weighted by Gasteiger charge is -2.17. The second-order valence-corrected chi connectivity index (χ2v) is 7.95. The van der Waals surface area contributed by atoms with Gasteiger partial charge in [-0.25, -0.2) is 0 Å². The Morgan fingerprint density at radius 2 is 1.75 bits per heavy atom. The predicted molar refractivity (Wildman–Crippen MR) is 124 cm³/mol. The van der Waals surface area contributed by atoms with Crippen LogP contribution in [0, 0.1) is 6.92 Å². The van der Waals surface area contributed by atoms with Crippen molar-refractivity contribution in [2.24, 2.45) is 0 Å². The van der Waals surface area contributed by atoms with Gasteiger partial charge in [0.15, 0.2) is 11.5 Å². The topological polar surface area (TPSA) is 77.1 Å². The Bertz CT molecular complexity index is 1060. The van der Waals surface area contributed by atoms with Gasteiger partial charge in [-0.3, -0.25) is 14.5 Å². The van der Waals surface area contributed by atoms with Crippen LogP contribution in [0.25, 0.3) is 5.57 Å². The molecular weight excluding hydrogens is 432 g/mol. The van der Waals surface area contributed by atoms with Crippen LogP contribution < -0.4 is 14.8 Å². The van der Waals surface area contributed by atoms with Gasteiger partial charge in [-0.05, 0) is 56.2 Å². The lowest BCUT2D eigenvalue weighted by Crippen LogP contribution is -2.35. The van der Waals surface area contributed by atoms with Gasteiger partial charge in [0.2, 0.25) is 0 Å². The summed E-state index contributed by atoms with van der Waals surface area (Å²) in [6, 6.07) is 10.5. The van der Waals surface area contributed by atoms with Crippen LogP contribution in [0.1, 0.15) is 25.0 Å². The molecule has 170 valence electrons. The minimum Gasteiger partial charge on any atom is -0.493 e. The van der Waals surface area contributed by atoms with Crippen LogP contribution >= 0.6 is 11.6 Å². The largest absolute Gasteiger partial charge is 0.493 e. The number of anilines is 1. The fourth-order valence-electron chi connectivity index (χ4n) is 3.41. The number of nitrogens with one attached hydrogen (secondary N) is 1. The van der Waals surface area contributed by atoms with Gasteiger partial charge in [0, 0.05) is 10.7 Å². The number of hydrogen-bond acceptors (Lipinski definition) is 6. The molecule has 7 nitrogen and oxygen atoms in total. The monoisotopic (exact) mass is 458 g/mol. The third kappa shape index (κ3) is 4.74. The zero-order chi connectivity index (χ0) is 23.4. The van der Waals surface area contributed by atoms with Crippen LogP contribution in [-0.4, -0.2) is 50.2 Å². The first-order valence-corrected chi connectivity index (χ1v) is 10.6. The Balaban J connectivity index is 2.06. The van der Waals surface area contributed by atoms with Crippen molar-refractivity contribution in [2.45, 2.75) is 26.9 Å². The zero-order valence-electron chi connectivity index (χ0n) is 18.8. The highest BCUT2D eigenvalue weighted by Crippen LogP contribution is 2.36. The smallest absolute Gasteiger partial charge is 0.278 e. The van der Waals surface area contributed by atoms with Crippen molar-refractivity contribution in [1.82, 2.24) is 4.90 Å². The summed E-state index contributed by atoms with van der Waals surface area (Å²) in [5, 5.41) is 3.70. The lowest BCUT2D eigenvalue weighted by molar-refractivity contribution is -0.137. The number of rotatable bonds is 9. The maximum atomic E-state index is 13.4. The van der Waals surface area contributed by atoms with Crippen molar-refractivity contribution in [2.75, 3.05) is 32.7 Å². The molecule has 3 rings (SSSR count). The van der Waals surface area contributed by atoms with E-state index in [9.17, 15) is 9.59 Å². The molecule has 0 atom stereocenters. The molecule has 0 radical (unpaired) electrons. The van der Waals surface area contributed by atoms with Crippen molar-refractivity contribution < 1.29 is 23.8 Å².